The van der Waals surface area contributed by atoms with Gasteiger partial charge in [0.2, 0.25) is 0 Å². The Kier molecular flexibility index (Phi) is 5.81. The van der Waals surface area contributed by atoms with Gasteiger partial charge in [0.05, 0.1) is 12.0 Å². The van der Waals surface area contributed by atoms with Crippen LogP contribution in [-0.2, 0) is 24.3 Å². The lowest BCUT2D eigenvalue weighted by molar-refractivity contribution is -0.143. The smallest absolute Gasteiger partial charge is 0.321 e. The van der Waals surface area contributed by atoms with Crippen molar-refractivity contribution in [3.05, 3.63) is 90.0 Å². The molecule has 0 saturated heterocycles. The average molecular weight is 349 g/mol. The average Bonchev–Trinajstić information content (AvgIpc) is 3.07. The number of carboxylic acid groups (broad SMARTS) is 1. The summed E-state index contributed by atoms with van der Waals surface area (Å²) in [4.78, 5) is 17.9. The minimum Gasteiger partial charge on any atom is -0.480 e. The normalized spacial score (nSPS) is 12.2. The van der Waals surface area contributed by atoms with Gasteiger partial charge in [-0.1, -0.05) is 60.7 Å². The van der Waals surface area contributed by atoms with Crippen LogP contribution in [0.5, 0.6) is 0 Å². The lowest BCUT2D eigenvalue weighted by Crippen LogP contribution is -2.40. The molecule has 0 spiro atoms. The Morgan fingerprint density at radius 2 is 1.69 bits per heavy atom. The van der Waals surface area contributed by atoms with E-state index in [-0.39, 0.29) is 0 Å². The Hall–Kier alpha value is -2.92. The van der Waals surface area contributed by atoms with Crippen LogP contribution in [-0.4, -0.2) is 38.6 Å². The first-order valence-corrected chi connectivity index (χ1v) is 8.63. The maximum atomic E-state index is 11.8. The first-order valence-electron chi connectivity index (χ1n) is 8.63. The van der Waals surface area contributed by atoms with E-state index in [1.54, 1.807) is 12.5 Å². The molecule has 1 N–H and O–H groups in total. The van der Waals surface area contributed by atoms with Crippen molar-refractivity contribution in [2.24, 2.45) is 0 Å². The van der Waals surface area contributed by atoms with Gasteiger partial charge in [0.25, 0.3) is 0 Å². The molecule has 1 unspecified atom stereocenters. The number of aliphatic carboxylic acids is 1. The molecule has 1 atom stereocenters. The SMILES string of the molecule is CN(Cc1cncn1Cc1ccccc1)C(Cc1ccccc1)C(=O)O. The summed E-state index contributed by atoms with van der Waals surface area (Å²) in [6, 6.07) is 19.3. The molecule has 5 nitrogen and oxygen atoms in total. The molecule has 0 aliphatic heterocycles. The second kappa shape index (κ2) is 8.45. The third-order valence-electron chi connectivity index (χ3n) is 4.49. The fraction of sp³-hybridized carbons (Fsp3) is 0.238. The molecule has 0 bridgehead atoms. The maximum Gasteiger partial charge on any atom is 0.321 e. The summed E-state index contributed by atoms with van der Waals surface area (Å²) >= 11 is 0. The number of nitrogens with zero attached hydrogens (tertiary/aromatic N) is 3. The third-order valence-corrected chi connectivity index (χ3v) is 4.49. The second-order valence-electron chi connectivity index (χ2n) is 6.46. The standard InChI is InChI=1S/C21H23N3O2/c1-23(20(21(25)26)12-17-8-4-2-5-9-17)15-19-13-22-16-24(19)14-18-10-6-3-7-11-18/h2-11,13,16,20H,12,14-15H2,1H3,(H,25,26). The van der Waals surface area contributed by atoms with Gasteiger partial charge in [0.1, 0.15) is 6.04 Å². The Labute approximate surface area is 153 Å². The zero-order valence-corrected chi connectivity index (χ0v) is 14.8. The van der Waals surface area contributed by atoms with Crippen LogP contribution in [0.4, 0.5) is 0 Å². The van der Waals surface area contributed by atoms with Gasteiger partial charge in [-0.2, -0.15) is 0 Å². The van der Waals surface area contributed by atoms with Gasteiger partial charge in [-0.25, -0.2) is 4.98 Å². The van der Waals surface area contributed by atoms with E-state index in [0.717, 1.165) is 17.8 Å². The van der Waals surface area contributed by atoms with Crippen molar-refractivity contribution in [3.63, 3.8) is 0 Å². The van der Waals surface area contributed by atoms with Crippen molar-refractivity contribution in [3.8, 4) is 0 Å². The van der Waals surface area contributed by atoms with E-state index >= 15 is 0 Å². The highest BCUT2D eigenvalue weighted by Crippen LogP contribution is 2.13. The molecule has 26 heavy (non-hydrogen) atoms. The third kappa shape index (κ3) is 4.58. The minimum absolute atomic E-state index is 0.472. The molecule has 0 aliphatic carbocycles. The summed E-state index contributed by atoms with van der Waals surface area (Å²) < 4.78 is 2.06. The van der Waals surface area contributed by atoms with E-state index in [2.05, 4.69) is 21.7 Å². The van der Waals surface area contributed by atoms with E-state index in [1.165, 1.54) is 5.56 Å². The molecule has 0 radical (unpaired) electrons. The maximum absolute atomic E-state index is 11.8. The largest absolute Gasteiger partial charge is 0.480 e. The van der Waals surface area contributed by atoms with Gasteiger partial charge in [-0.15, -0.1) is 0 Å². The first kappa shape index (κ1) is 17.9. The van der Waals surface area contributed by atoms with Crippen LogP contribution in [0.3, 0.4) is 0 Å². The molecule has 0 saturated carbocycles. The fourth-order valence-corrected chi connectivity index (χ4v) is 3.04. The predicted molar refractivity (Wildman–Crippen MR) is 101 cm³/mol. The molecule has 3 rings (SSSR count). The number of hydrogen-bond donors (Lipinski definition) is 1. The number of aromatic nitrogens is 2. The van der Waals surface area contributed by atoms with Crippen molar-refractivity contribution >= 4 is 5.97 Å². The molecule has 0 fully saturated rings. The van der Waals surface area contributed by atoms with Crippen LogP contribution in [0.1, 0.15) is 16.8 Å². The number of hydrogen-bond acceptors (Lipinski definition) is 3. The van der Waals surface area contributed by atoms with Crippen LogP contribution in [0, 0.1) is 0 Å². The van der Waals surface area contributed by atoms with Gasteiger partial charge in [-0.3, -0.25) is 9.69 Å². The van der Waals surface area contributed by atoms with Crippen molar-refractivity contribution in [2.75, 3.05) is 7.05 Å². The van der Waals surface area contributed by atoms with Crippen LogP contribution < -0.4 is 0 Å². The van der Waals surface area contributed by atoms with Gasteiger partial charge in [0, 0.05) is 19.3 Å². The molecule has 134 valence electrons. The summed E-state index contributed by atoms with van der Waals surface area (Å²) in [6.07, 6.45) is 4.07. The van der Waals surface area contributed by atoms with E-state index in [1.807, 2.05) is 60.5 Å². The van der Waals surface area contributed by atoms with Crippen molar-refractivity contribution in [1.82, 2.24) is 14.5 Å². The Bertz CT molecular complexity index is 831. The lowest BCUT2D eigenvalue weighted by atomic mass is 10.0. The second-order valence-corrected chi connectivity index (χ2v) is 6.46. The van der Waals surface area contributed by atoms with Gasteiger partial charge in [0.15, 0.2) is 0 Å². The number of rotatable bonds is 8. The molecular weight excluding hydrogens is 326 g/mol. The van der Waals surface area contributed by atoms with E-state index < -0.39 is 12.0 Å². The molecule has 2 aromatic carbocycles. The number of imidazole rings is 1. The van der Waals surface area contributed by atoms with Gasteiger partial charge < -0.3 is 9.67 Å². The molecule has 0 aliphatic rings. The Morgan fingerprint density at radius 1 is 1.08 bits per heavy atom. The predicted octanol–water partition coefficient (Wildman–Crippen LogP) is 3.06. The highest BCUT2D eigenvalue weighted by Gasteiger charge is 2.24. The van der Waals surface area contributed by atoms with Gasteiger partial charge in [-0.05, 0) is 24.6 Å². The summed E-state index contributed by atoms with van der Waals surface area (Å²) in [6.45, 7) is 1.25. The number of benzene rings is 2. The topological polar surface area (TPSA) is 58.4 Å². The summed E-state index contributed by atoms with van der Waals surface area (Å²) in [7, 11) is 1.85. The van der Waals surface area contributed by atoms with Crippen molar-refractivity contribution < 1.29 is 9.90 Å². The Morgan fingerprint density at radius 3 is 2.31 bits per heavy atom. The van der Waals surface area contributed by atoms with Crippen LogP contribution in [0.2, 0.25) is 0 Å². The van der Waals surface area contributed by atoms with E-state index in [0.29, 0.717) is 13.0 Å². The molecular formula is C21H23N3O2. The highest BCUT2D eigenvalue weighted by molar-refractivity contribution is 5.73. The van der Waals surface area contributed by atoms with Crippen LogP contribution >= 0.6 is 0 Å². The van der Waals surface area contributed by atoms with Crippen LogP contribution in [0.15, 0.2) is 73.2 Å². The highest BCUT2D eigenvalue weighted by atomic mass is 16.4. The zero-order valence-electron chi connectivity index (χ0n) is 14.8. The quantitative estimate of drug-likeness (QED) is 0.679. The van der Waals surface area contributed by atoms with Crippen molar-refractivity contribution in [2.45, 2.75) is 25.6 Å². The molecule has 5 heteroatoms. The number of carbonyl (C=O) groups is 1. The summed E-state index contributed by atoms with van der Waals surface area (Å²) in [5.74, 6) is -0.814. The zero-order chi connectivity index (χ0) is 18.4. The van der Waals surface area contributed by atoms with Crippen molar-refractivity contribution in [1.29, 1.82) is 0 Å². The van der Waals surface area contributed by atoms with Gasteiger partial charge >= 0.3 is 5.97 Å². The lowest BCUT2D eigenvalue weighted by Gasteiger charge is -2.25. The van der Waals surface area contributed by atoms with E-state index in [4.69, 9.17) is 0 Å². The fourth-order valence-electron chi connectivity index (χ4n) is 3.04. The first-order chi connectivity index (χ1) is 12.6. The van der Waals surface area contributed by atoms with Crippen LogP contribution in [0.25, 0.3) is 0 Å². The molecule has 1 heterocycles. The molecule has 0 amide bonds. The summed E-state index contributed by atoms with van der Waals surface area (Å²) in [5.41, 5.74) is 3.20. The van der Waals surface area contributed by atoms with E-state index in [9.17, 15) is 9.90 Å². The number of carboxylic acids is 1. The Balaban J connectivity index is 1.71. The minimum atomic E-state index is -0.814. The summed E-state index contributed by atoms with van der Waals surface area (Å²) in [5, 5.41) is 9.67. The molecule has 1 aromatic heterocycles. The molecule has 3 aromatic rings. The monoisotopic (exact) mass is 349 g/mol. The number of likely N-dealkylation sites (N-methyl/N-ethyl adjacent to an activating group) is 1.